The summed E-state index contributed by atoms with van der Waals surface area (Å²) in [5, 5.41) is 5.47. The number of hydrogen-bond donors (Lipinski definition) is 3. The molecule has 1 atom stereocenters. The Morgan fingerprint density at radius 2 is 1.48 bits per heavy atom. The van der Waals surface area contributed by atoms with Crippen LogP contribution in [0.2, 0.25) is 0 Å². The van der Waals surface area contributed by atoms with Crippen LogP contribution in [0, 0.1) is 6.92 Å². The lowest BCUT2D eigenvalue weighted by molar-refractivity contribution is -0.862. The largest absolute Gasteiger partial charge is 0.322 e. The number of quaternary nitrogens is 1. The van der Waals surface area contributed by atoms with E-state index in [0.717, 1.165) is 9.87 Å². The predicted octanol–water partition coefficient (Wildman–Crippen LogP) is 0.337. The van der Waals surface area contributed by atoms with Crippen LogP contribution in [0.1, 0.15) is 5.56 Å². The van der Waals surface area contributed by atoms with Gasteiger partial charge in [0.15, 0.2) is 13.1 Å². The number of hydrogen-bond acceptors (Lipinski definition) is 4. The molecule has 2 aromatic rings. The lowest BCUT2D eigenvalue weighted by Gasteiger charge is -2.15. The van der Waals surface area contributed by atoms with Crippen molar-refractivity contribution in [2.45, 2.75) is 11.8 Å². The number of anilines is 2. The van der Waals surface area contributed by atoms with Crippen molar-refractivity contribution in [1.82, 2.24) is 4.31 Å². The fourth-order valence-electron chi connectivity index (χ4n) is 2.60. The number of rotatable bonds is 8. The van der Waals surface area contributed by atoms with E-state index in [0.29, 0.717) is 16.3 Å². The Labute approximate surface area is 171 Å². The third-order valence-corrected chi connectivity index (χ3v) is 5.97. The number of nitrogens with zero attached hydrogens (tertiary/aromatic N) is 1. The van der Waals surface area contributed by atoms with E-state index < -0.39 is 10.0 Å². The third kappa shape index (κ3) is 6.67. The van der Waals surface area contributed by atoms with E-state index >= 15 is 0 Å². The van der Waals surface area contributed by atoms with E-state index in [1.54, 1.807) is 19.2 Å². The molecule has 9 heteroatoms. The first-order valence-electron chi connectivity index (χ1n) is 9.08. The van der Waals surface area contributed by atoms with Crippen LogP contribution >= 0.6 is 0 Å². The minimum Gasteiger partial charge on any atom is -0.322 e. The smallest absolute Gasteiger partial charge is 0.279 e. The summed E-state index contributed by atoms with van der Waals surface area (Å²) in [6.07, 6.45) is 0. The highest BCUT2D eigenvalue weighted by Crippen LogP contribution is 2.17. The van der Waals surface area contributed by atoms with Crippen LogP contribution in [0.4, 0.5) is 11.4 Å². The molecule has 29 heavy (non-hydrogen) atoms. The Kier molecular flexibility index (Phi) is 7.49. The maximum atomic E-state index is 12.3. The van der Waals surface area contributed by atoms with Gasteiger partial charge in [-0.2, -0.15) is 0 Å². The summed E-state index contributed by atoms with van der Waals surface area (Å²) in [6.45, 7) is 2.15. The van der Waals surface area contributed by atoms with Gasteiger partial charge in [-0.15, -0.1) is 0 Å². The standard InChI is InChI=1S/C20H26N4O4S/c1-15-8-10-16(11-9-15)21-19(25)13-24(4)14-20(26)22-17-6-5-7-18(12-17)29(27,28)23(2)3/h5-12H,13-14H2,1-4H3,(H,21,25)(H,22,26)/p+1. The van der Waals surface area contributed by atoms with Crippen LogP contribution in [0.15, 0.2) is 53.4 Å². The van der Waals surface area contributed by atoms with Gasteiger partial charge in [-0.3, -0.25) is 9.59 Å². The van der Waals surface area contributed by atoms with Crippen LogP contribution in [-0.2, 0) is 19.6 Å². The lowest BCUT2D eigenvalue weighted by Crippen LogP contribution is -3.11. The topological polar surface area (TPSA) is 100 Å². The molecule has 0 saturated heterocycles. The number of amides is 2. The molecule has 2 aromatic carbocycles. The zero-order valence-corrected chi connectivity index (χ0v) is 17.8. The average Bonchev–Trinajstić information content (AvgIpc) is 2.63. The van der Waals surface area contributed by atoms with Crippen LogP contribution in [0.25, 0.3) is 0 Å². The van der Waals surface area contributed by atoms with Gasteiger partial charge in [0, 0.05) is 25.5 Å². The molecule has 0 aliphatic rings. The SMILES string of the molecule is Cc1ccc(NC(=O)C[NH+](C)CC(=O)Nc2cccc(S(=O)(=O)N(C)C)c2)cc1. The van der Waals surface area contributed by atoms with E-state index in [1.165, 1.54) is 26.2 Å². The van der Waals surface area contributed by atoms with Gasteiger partial charge in [-0.1, -0.05) is 23.8 Å². The van der Waals surface area contributed by atoms with Gasteiger partial charge in [0.25, 0.3) is 11.8 Å². The van der Waals surface area contributed by atoms with Crippen molar-refractivity contribution in [3.8, 4) is 0 Å². The second-order valence-corrected chi connectivity index (χ2v) is 9.24. The molecule has 0 heterocycles. The first-order valence-corrected chi connectivity index (χ1v) is 10.5. The van der Waals surface area contributed by atoms with Crippen LogP contribution in [0.5, 0.6) is 0 Å². The van der Waals surface area contributed by atoms with E-state index in [9.17, 15) is 18.0 Å². The Bertz CT molecular complexity index is 972. The molecule has 0 radical (unpaired) electrons. The second-order valence-electron chi connectivity index (χ2n) is 7.09. The van der Waals surface area contributed by atoms with Crippen molar-refractivity contribution in [3.05, 3.63) is 54.1 Å². The van der Waals surface area contributed by atoms with Gasteiger partial charge in [0.2, 0.25) is 10.0 Å². The summed E-state index contributed by atoms with van der Waals surface area (Å²) < 4.78 is 25.5. The molecular formula is C20H27N4O4S+. The number of sulfonamides is 1. The molecule has 0 saturated carbocycles. The van der Waals surface area contributed by atoms with Crippen LogP contribution < -0.4 is 15.5 Å². The molecule has 2 rings (SSSR count). The molecular weight excluding hydrogens is 392 g/mol. The number of aryl methyl sites for hydroxylation is 1. The lowest BCUT2D eigenvalue weighted by atomic mass is 10.2. The molecule has 2 amide bonds. The Hall–Kier alpha value is -2.75. The van der Waals surface area contributed by atoms with Gasteiger partial charge in [0.05, 0.1) is 11.9 Å². The van der Waals surface area contributed by atoms with Crippen LogP contribution in [-0.4, -0.2) is 58.8 Å². The summed E-state index contributed by atoms with van der Waals surface area (Å²) in [7, 11) is 1.04. The maximum absolute atomic E-state index is 12.3. The Balaban J connectivity index is 1.90. The molecule has 3 N–H and O–H groups in total. The summed E-state index contributed by atoms with van der Waals surface area (Å²) in [4.78, 5) is 25.2. The molecule has 0 aliphatic heterocycles. The first kappa shape index (κ1) is 22.5. The molecule has 8 nitrogen and oxygen atoms in total. The summed E-state index contributed by atoms with van der Waals surface area (Å²) in [6, 6.07) is 13.5. The highest BCUT2D eigenvalue weighted by molar-refractivity contribution is 7.89. The van der Waals surface area contributed by atoms with E-state index in [1.807, 2.05) is 31.2 Å². The maximum Gasteiger partial charge on any atom is 0.279 e. The highest BCUT2D eigenvalue weighted by atomic mass is 32.2. The molecule has 156 valence electrons. The number of likely N-dealkylation sites (N-methyl/N-ethyl adjacent to an activating group) is 1. The normalized spacial score (nSPS) is 12.4. The van der Waals surface area contributed by atoms with Gasteiger partial charge in [-0.05, 0) is 37.3 Å². The van der Waals surface area contributed by atoms with Crippen molar-refractivity contribution < 1.29 is 22.9 Å². The number of nitrogens with one attached hydrogen (secondary N) is 3. The third-order valence-electron chi connectivity index (χ3n) is 4.16. The van der Waals surface area contributed by atoms with Crippen molar-refractivity contribution >= 4 is 33.2 Å². The minimum absolute atomic E-state index is 0.0615. The zero-order chi connectivity index (χ0) is 21.6. The molecule has 0 aliphatic carbocycles. The number of carbonyl (C=O) groups excluding carboxylic acids is 2. The van der Waals surface area contributed by atoms with Gasteiger partial charge in [-0.25, -0.2) is 12.7 Å². The number of carbonyl (C=O) groups is 2. The highest BCUT2D eigenvalue weighted by Gasteiger charge is 2.19. The second kappa shape index (κ2) is 9.64. The summed E-state index contributed by atoms with van der Waals surface area (Å²) in [5.74, 6) is -0.511. The molecule has 0 aromatic heterocycles. The Morgan fingerprint density at radius 1 is 0.931 bits per heavy atom. The van der Waals surface area contributed by atoms with E-state index in [2.05, 4.69) is 10.6 Å². The summed E-state index contributed by atoms with van der Waals surface area (Å²) in [5.41, 5.74) is 2.19. The molecule has 0 bridgehead atoms. The monoisotopic (exact) mass is 419 g/mol. The van der Waals surface area contributed by atoms with E-state index in [-0.39, 0.29) is 29.8 Å². The van der Waals surface area contributed by atoms with Crippen molar-refractivity contribution in [2.75, 3.05) is 44.9 Å². The average molecular weight is 420 g/mol. The van der Waals surface area contributed by atoms with Gasteiger partial charge < -0.3 is 15.5 Å². The minimum atomic E-state index is -3.58. The molecule has 0 spiro atoms. The van der Waals surface area contributed by atoms with Crippen molar-refractivity contribution in [3.63, 3.8) is 0 Å². The molecule has 1 unspecified atom stereocenters. The first-order chi connectivity index (χ1) is 13.6. The fourth-order valence-corrected chi connectivity index (χ4v) is 3.55. The van der Waals surface area contributed by atoms with E-state index in [4.69, 9.17) is 0 Å². The quantitative estimate of drug-likeness (QED) is 0.574. The van der Waals surface area contributed by atoms with Crippen LogP contribution in [0.3, 0.4) is 0 Å². The van der Waals surface area contributed by atoms with Gasteiger partial charge >= 0.3 is 0 Å². The Morgan fingerprint density at radius 3 is 2.03 bits per heavy atom. The zero-order valence-electron chi connectivity index (χ0n) is 17.0. The molecule has 0 fully saturated rings. The van der Waals surface area contributed by atoms with Gasteiger partial charge in [0.1, 0.15) is 0 Å². The predicted molar refractivity (Wildman–Crippen MR) is 112 cm³/mol. The summed E-state index contributed by atoms with van der Waals surface area (Å²) >= 11 is 0. The van der Waals surface area contributed by atoms with Crippen molar-refractivity contribution in [1.29, 1.82) is 0 Å². The van der Waals surface area contributed by atoms with Crippen molar-refractivity contribution in [2.24, 2.45) is 0 Å². The fraction of sp³-hybridized carbons (Fsp3) is 0.300. The number of benzene rings is 2.